The van der Waals surface area contributed by atoms with E-state index in [0.29, 0.717) is 0 Å². The van der Waals surface area contributed by atoms with Crippen LogP contribution in [0.4, 0.5) is 0 Å². The van der Waals surface area contributed by atoms with Crippen molar-refractivity contribution in [2.45, 2.75) is 0 Å². The highest BCUT2D eigenvalue weighted by Crippen LogP contribution is 1.80. The Kier molecular flexibility index (Phi) is 2.02. The van der Waals surface area contributed by atoms with Gasteiger partial charge >= 0.3 is 7.41 Å². The Balaban J connectivity index is 2.72. The lowest BCUT2D eigenvalue weighted by atomic mass is 9.85. The van der Waals surface area contributed by atoms with Crippen molar-refractivity contribution < 1.29 is 0 Å². The molecule has 43 valence electrons. The maximum atomic E-state index is 9.67. The lowest BCUT2D eigenvalue weighted by molar-refractivity contribution is 1.72. The average molecular weight is 118 g/mol. The van der Waals surface area contributed by atoms with Crippen LogP contribution in [0, 0.1) is 4.91 Å². The molecule has 1 aromatic carbocycles. The summed E-state index contributed by atoms with van der Waals surface area (Å²) in [5.74, 6) is 0. The molecule has 0 amide bonds. The van der Waals surface area contributed by atoms with Crippen LogP contribution in [0.3, 0.4) is 0 Å². The summed E-state index contributed by atoms with van der Waals surface area (Å²) >= 11 is 0. The van der Waals surface area contributed by atoms with E-state index in [1.807, 2.05) is 30.3 Å². The van der Waals surface area contributed by atoms with Crippen LogP contribution < -0.4 is 5.46 Å². The zero-order chi connectivity index (χ0) is 6.53. The number of hydrogen-bond donors (Lipinski definition) is 0. The van der Waals surface area contributed by atoms with Crippen LogP contribution in [0.15, 0.2) is 35.4 Å². The van der Waals surface area contributed by atoms with E-state index in [2.05, 4.69) is 5.09 Å². The molecule has 0 N–H and O–H groups in total. The third-order valence-electron chi connectivity index (χ3n) is 1.00. The summed E-state index contributed by atoms with van der Waals surface area (Å²) in [5.41, 5.74) is 0.840. The van der Waals surface area contributed by atoms with Crippen LogP contribution in [0.1, 0.15) is 0 Å². The normalized spacial score (nSPS) is 8.44. The smallest absolute Gasteiger partial charge is 0.168 e. The molecule has 1 aromatic rings. The first-order valence-corrected chi connectivity index (χ1v) is 2.64. The lowest BCUT2D eigenvalue weighted by Crippen LogP contribution is -2.09. The molecule has 0 bridgehead atoms. The first-order chi connectivity index (χ1) is 4.43. The number of nitrogens with zero attached hydrogens (tertiary/aromatic N) is 1. The standard InChI is InChI=1S/C6H5BNO/c9-8-7-6-4-2-1-3-5-6/h1-5H. The van der Waals surface area contributed by atoms with Crippen molar-refractivity contribution in [3.8, 4) is 0 Å². The molecule has 0 aliphatic carbocycles. The Hall–Kier alpha value is -1.12. The summed E-state index contributed by atoms with van der Waals surface area (Å²) in [6.07, 6.45) is 0. The van der Waals surface area contributed by atoms with Crippen molar-refractivity contribution in [3.05, 3.63) is 35.2 Å². The van der Waals surface area contributed by atoms with Crippen LogP contribution in [0.5, 0.6) is 0 Å². The minimum Gasteiger partial charge on any atom is -0.168 e. The van der Waals surface area contributed by atoms with Crippen LogP contribution in [-0.2, 0) is 0 Å². The van der Waals surface area contributed by atoms with Crippen LogP contribution >= 0.6 is 0 Å². The fourth-order valence-electron chi connectivity index (χ4n) is 0.600. The van der Waals surface area contributed by atoms with Gasteiger partial charge in [-0.3, -0.25) is 0 Å². The molecule has 1 rings (SSSR count). The second kappa shape index (κ2) is 3.02. The fourth-order valence-corrected chi connectivity index (χ4v) is 0.600. The van der Waals surface area contributed by atoms with E-state index in [1.165, 1.54) is 7.41 Å². The summed E-state index contributed by atoms with van der Waals surface area (Å²) in [4.78, 5) is 9.67. The van der Waals surface area contributed by atoms with Gasteiger partial charge in [0.1, 0.15) is 0 Å². The fraction of sp³-hybridized carbons (Fsp3) is 0. The molecule has 0 spiro atoms. The van der Waals surface area contributed by atoms with Crippen LogP contribution in [-0.4, -0.2) is 7.41 Å². The van der Waals surface area contributed by atoms with E-state index in [-0.39, 0.29) is 0 Å². The predicted molar refractivity (Wildman–Crippen MR) is 37.6 cm³/mol. The zero-order valence-electron chi connectivity index (χ0n) is 4.82. The molecule has 3 heteroatoms. The van der Waals surface area contributed by atoms with E-state index in [4.69, 9.17) is 0 Å². The third-order valence-corrected chi connectivity index (χ3v) is 1.00. The van der Waals surface area contributed by atoms with Gasteiger partial charge < -0.3 is 0 Å². The minimum absolute atomic E-state index is 0.840. The van der Waals surface area contributed by atoms with E-state index in [1.54, 1.807) is 0 Å². The van der Waals surface area contributed by atoms with Crippen molar-refractivity contribution in [1.82, 2.24) is 0 Å². The molecule has 0 saturated carbocycles. The minimum atomic E-state index is 0.840. The molecule has 0 heterocycles. The first kappa shape index (κ1) is 6.01. The molecule has 0 fully saturated rings. The van der Waals surface area contributed by atoms with Gasteiger partial charge in [-0.05, 0) is 0 Å². The molecular formula is C6H5BNO. The van der Waals surface area contributed by atoms with E-state index in [0.717, 1.165) is 5.46 Å². The van der Waals surface area contributed by atoms with Crippen molar-refractivity contribution in [2.75, 3.05) is 0 Å². The average Bonchev–Trinajstić information content (AvgIpc) is 1.91. The second-order valence-electron chi connectivity index (χ2n) is 1.65. The highest BCUT2D eigenvalue weighted by Gasteiger charge is 1.90. The lowest BCUT2D eigenvalue weighted by Gasteiger charge is -1.86. The Morgan fingerprint density at radius 2 is 1.89 bits per heavy atom. The Morgan fingerprint density at radius 1 is 1.22 bits per heavy atom. The van der Waals surface area contributed by atoms with Crippen LogP contribution in [0.25, 0.3) is 0 Å². The highest BCUT2D eigenvalue weighted by atomic mass is 16.2. The first-order valence-electron chi connectivity index (χ1n) is 2.64. The van der Waals surface area contributed by atoms with Gasteiger partial charge in [-0.25, -0.2) is 0 Å². The van der Waals surface area contributed by atoms with Gasteiger partial charge in [0.05, 0.1) is 0 Å². The molecule has 0 saturated heterocycles. The summed E-state index contributed by atoms with van der Waals surface area (Å²) in [6, 6.07) is 9.25. The number of benzene rings is 1. The van der Waals surface area contributed by atoms with Gasteiger partial charge in [0, 0.05) is 0 Å². The molecule has 0 aliphatic rings. The third kappa shape index (κ3) is 1.68. The van der Waals surface area contributed by atoms with Gasteiger partial charge in [0.2, 0.25) is 0 Å². The van der Waals surface area contributed by atoms with Gasteiger partial charge in [0.25, 0.3) is 0 Å². The number of hydrogen-bond acceptors (Lipinski definition) is 2. The van der Waals surface area contributed by atoms with Crippen LogP contribution in [0.2, 0.25) is 0 Å². The maximum Gasteiger partial charge on any atom is 0.374 e. The van der Waals surface area contributed by atoms with E-state index >= 15 is 0 Å². The molecule has 0 atom stereocenters. The quantitative estimate of drug-likeness (QED) is 0.415. The maximum absolute atomic E-state index is 9.67. The SMILES string of the molecule is O=N[B]c1ccccc1. The van der Waals surface area contributed by atoms with E-state index < -0.39 is 0 Å². The largest absolute Gasteiger partial charge is 0.374 e. The zero-order valence-corrected chi connectivity index (χ0v) is 4.82. The highest BCUT2D eigenvalue weighted by molar-refractivity contribution is 6.51. The second-order valence-corrected chi connectivity index (χ2v) is 1.65. The molecule has 2 nitrogen and oxygen atoms in total. The predicted octanol–water partition coefficient (Wildman–Crippen LogP) is 0.698. The van der Waals surface area contributed by atoms with E-state index in [9.17, 15) is 4.91 Å². The van der Waals surface area contributed by atoms with Gasteiger partial charge in [-0.15, -0.1) is 5.09 Å². The Labute approximate surface area is 54.1 Å². The van der Waals surface area contributed by atoms with Crippen molar-refractivity contribution in [2.24, 2.45) is 5.09 Å². The Morgan fingerprint density at radius 3 is 2.44 bits per heavy atom. The summed E-state index contributed by atoms with van der Waals surface area (Å²) in [7, 11) is 1.28. The molecule has 0 aliphatic heterocycles. The molecule has 0 aromatic heterocycles. The van der Waals surface area contributed by atoms with Gasteiger partial charge in [-0.2, -0.15) is 4.91 Å². The molecule has 1 radical (unpaired) electrons. The Bertz CT molecular complexity index is 188. The van der Waals surface area contributed by atoms with Gasteiger partial charge in [0.15, 0.2) is 0 Å². The van der Waals surface area contributed by atoms with Crippen molar-refractivity contribution in [3.63, 3.8) is 0 Å². The van der Waals surface area contributed by atoms with Crippen molar-refractivity contribution >= 4 is 12.9 Å². The monoisotopic (exact) mass is 118 g/mol. The van der Waals surface area contributed by atoms with Crippen molar-refractivity contribution in [1.29, 1.82) is 0 Å². The van der Waals surface area contributed by atoms with Gasteiger partial charge in [-0.1, -0.05) is 35.8 Å². The molecule has 9 heavy (non-hydrogen) atoms. The number of nitroso groups, excluding NO2 is 1. The topological polar surface area (TPSA) is 29.4 Å². The summed E-state index contributed by atoms with van der Waals surface area (Å²) in [5, 5.41) is 2.63. The molecule has 0 unspecified atom stereocenters. The number of rotatable bonds is 2. The summed E-state index contributed by atoms with van der Waals surface area (Å²) in [6.45, 7) is 0. The molecular weight excluding hydrogens is 113 g/mol. The summed E-state index contributed by atoms with van der Waals surface area (Å²) < 4.78 is 0.